The van der Waals surface area contributed by atoms with Crippen molar-refractivity contribution in [3.63, 3.8) is 0 Å². The SMILES string of the molecule is CC.CCC(=O)[C@@H]1CCCCN1. The zero-order valence-electron chi connectivity index (χ0n) is 8.52. The van der Waals surface area contributed by atoms with Gasteiger partial charge >= 0.3 is 0 Å². The van der Waals surface area contributed by atoms with Crippen LogP contribution in [0.4, 0.5) is 0 Å². The highest BCUT2D eigenvalue weighted by molar-refractivity contribution is 5.83. The van der Waals surface area contributed by atoms with Crippen molar-refractivity contribution < 1.29 is 4.79 Å². The molecule has 2 nitrogen and oxygen atoms in total. The smallest absolute Gasteiger partial charge is 0.149 e. The summed E-state index contributed by atoms with van der Waals surface area (Å²) in [7, 11) is 0. The summed E-state index contributed by atoms with van der Waals surface area (Å²) in [5.74, 6) is 0.375. The van der Waals surface area contributed by atoms with Crippen LogP contribution in [0.2, 0.25) is 0 Å². The van der Waals surface area contributed by atoms with E-state index in [0.717, 1.165) is 13.0 Å². The maximum Gasteiger partial charge on any atom is 0.149 e. The Kier molecular flexibility index (Phi) is 7.06. The minimum atomic E-state index is 0.179. The van der Waals surface area contributed by atoms with E-state index in [-0.39, 0.29) is 6.04 Å². The van der Waals surface area contributed by atoms with Gasteiger partial charge in [-0.1, -0.05) is 27.2 Å². The van der Waals surface area contributed by atoms with Gasteiger partial charge < -0.3 is 5.32 Å². The maximum atomic E-state index is 11.1. The zero-order chi connectivity index (χ0) is 9.40. The second-order valence-corrected chi connectivity index (χ2v) is 2.82. The van der Waals surface area contributed by atoms with Crippen LogP contribution in [0.15, 0.2) is 0 Å². The van der Waals surface area contributed by atoms with Crippen LogP contribution >= 0.6 is 0 Å². The summed E-state index contributed by atoms with van der Waals surface area (Å²) in [5, 5.41) is 3.22. The van der Waals surface area contributed by atoms with E-state index in [9.17, 15) is 4.79 Å². The van der Waals surface area contributed by atoms with Gasteiger partial charge in [0.1, 0.15) is 5.78 Å². The number of carbonyl (C=O) groups is 1. The fourth-order valence-electron chi connectivity index (χ4n) is 1.37. The normalized spacial score (nSPS) is 22.4. The van der Waals surface area contributed by atoms with Crippen molar-refractivity contribution in [1.29, 1.82) is 0 Å². The molecule has 1 saturated heterocycles. The van der Waals surface area contributed by atoms with Crippen molar-refractivity contribution >= 4 is 5.78 Å². The molecule has 1 heterocycles. The summed E-state index contributed by atoms with van der Waals surface area (Å²) in [4.78, 5) is 11.1. The molecular weight excluding hydrogens is 150 g/mol. The summed E-state index contributed by atoms with van der Waals surface area (Å²) < 4.78 is 0. The van der Waals surface area contributed by atoms with Gasteiger partial charge in [-0.25, -0.2) is 0 Å². The lowest BCUT2D eigenvalue weighted by atomic mass is 10.00. The van der Waals surface area contributed by atoms with E-state index < -0.39 is 0 Å². The van der Waals surface area contributed by atoms with Gasteiger partial charge in [0.2, 0.25) is 0 Å². The molecule has 0 radical (unpaired) electrons. The van der Waals surface area contributed by atoms with Crippen molar-refractivity contribution in [2.45, 2.75) is 52.5 Å². The second-order valence-electron chi connectivity index (χ2n) is 2.82. The molecule has 12 heavy (non-hydrogen) atoms. The minimum Gasteiger partial charge on any atom is -0.307 e. The van der Waals surface area contributed by atoms with Gasteiger partial charge in [-0.15, -0.1) is 0 Å². The molecule has 0 amide bonds. The standard InChI is InChI=1S/C8H15NO.C2H6/c1-2-8(10)7-5-3-4-6-9-7;1-2/h7,9H,2-6H2,1H3;1-2H3/t7-;/m0./s1. The fraction of sp³-hybridized carbons (Fsp3) is 0.900. The second kappa shape index (κ2) is 7.29. The Hall–Kier alpha value is -0.370. The average molecular weight is 171 g/mol. The van der Waals surface area contributed by atoms with Crippen LogP contribution in [-0.2, 0) is 4.79 Å². The van der Waals surface area contributed by atoms with E-state index >= 15 is 0 Å². The Morgan fingerprint density at radius 3 is 2.50 bits per heavy atom. The third kappa shape index (κ3) is 3.86. The molecule has 1 atom stereocenters. The van der Waals surface area contributed by atoms with E-state index in [2.05, 4.69) is 5.32 Å². The van der Waals surface area contributed by atoms with Crippen LogP contribution in [0.25, 0.3) is 0 Å². The first kappa shape index (κ1) is 11.6. The molecular formula is C10H21NO. The van der Waals surface area contributed by atoms with Gasteiger partial charge in [-0.3, -0.25) is 4.79 Å². The van der Waals surface area contributed by atoms with Gasteiger partial charge in [0.05, 0.1) is 6.04 Å². The van der Waals surface area contributed by atoms with Gasteiger partial charge in [-0.05, 0) is 19.4 Å². The first-order chi connectivity index (χ1) is 5.84. The van der Waals surface area contributed by atoms with Gasteiger partial charge in [0, 0.05) is 6.42 Å². The van der Waals surface area contributed by atoms with Crippen LogP contribution in [0.1, 0.15) is 46.5 Å². The molecule has 0 bridgehead atoms. The number of ketones is 1. The maximum absolute atomic E-state index is 11.1. The van der Waals surface area contributed by atoms with E-state index in [1.54, 1.807) is 0 Å². The molecule has 0 saturated carbocycles. The van der Waals surface area contributed by atoms with E-state index in [4.69, 9.17) is 0 Å². The molecule has 1 aliphatic rings. The lowest BCUT2D eigenvalue weighted by molar-refractivity contribution is -0.121. The van der Waals surface area contributed by atoms with Crippen molar-refractivity contribution in [3.05, 3.63) is 0 Å². The Bertz CT molecular complexity index is 117. The van der Waals surface area contributed by atoms with Crippen LogP contribution < -0.4 is 5.32 Å². The topological polar surface area (TPSA) is 29.1 Å². The third-order valence-corrected chi connectivity index (χ3v) is 2.05. The summed E-state index contributed by atoms with van der Waals surface area (Å²) in [6, 6.07) is 0.179. The highest BCUT2D eigenvalue weighted by Crippen LogP contribution is 2.08. The summed E-state index contributed by atoms with van der Waals surface area (Å²) in [6.45, 7) is 6.95. The Balaban J connectivity index is 0.000000561. The van der Waals surface area contributed by atoms with Crippen LogP contribution in [-0.4, -0.2) is 18.4 Å². The molecule has 0 aromatic heterocycles. The fourth-order valence-corrected chi connectivity index (χ4v) is 1.37. The molecule has 0 unspecified atom stereocenters. The van der Waals surface area contributed by atoms with Gasteiger partial charge in [-0.2, -0.15) is 0 Å². The Labute approximate surface area is 75.7 Å². The van der Waals surface area contributed by atoms with E-state index in [1.165, 1.54) is 12.8 Å². The number of nitrogens with one attached hydrogen (secondary N) is 1. The van der Waals surface area contributed by atoms with E-state index in [1.807, 2.05) is 20.8 Å². The van der Waals surface area contributed by atoms with Crippen molar-refractivity contribution in [2.24, 2.45) is 0 Å². The largest absolute Gasteiger partial charge is 0.307 e. The molecule has 1 rings (SSSR count). The Morgan fingerprint density at radius 2 is 2.08 bits per heavy atom. The molecule has 1 fully saturated rings. The highest BCUT2D eigenvalue weighted by atomic mass is 16.1. The first-order valence-corrected chi connectivity index (χ1v) is 5.10. The lowest BCUT2D eigenvalue weighted by Crippen LogP contribution is -2.39. The number of Topliss-reactive ketones (excluding diaryl/α,β-unsaturated/α-hetero) is 1. The first-order valence-electron chi connectivity index (χ1n) is 5.10. The van der Waals surface area contributed by atoms with Crippen LogP contribution in [0.5, 0.6) is 0 Å². The molecule has 2 heteroatoms. The molecule has 0 aromatic rings. The Morgan fingerprint density at radius 1 is 1.42 bits per heavy atom. The number of hydrogen-bond donors (Lipinski definition) is 1. The number of carbonyl (C=O) groups excluding carboxylic acids is 1. The summed E-state index contributed by atoms with van der Waals surface area (Å²) >= 11 is 0. The molecule has 0 aromatic carbocycles. The molecule has 0 aliphatic carbocycles. The van der Waals surface area contributed by atoms with E-state index in [0.29, 0.717) is 12.2 Å². The molecule has 72 valence electrons. The van der Waals surface area contributed by atoms with Crippen LogP contribution in [0.3, 0.4) is 0 Å². The van der Waals surface area contributed by atoms with Crippen molar-refractivity contribution in [1.82, 2.24) is 5.32 Å². The monoisotopic (exact) mass is 171 g/mol. The zero-order valence-corrected chi connectivity index (χ0v) is 8.52. The van der Waals surface area contributed by atoms with Gasteiger partial charge in [0.15, 0.2) is 0 Å². The quantitative estimate of drug-likeness (QED) is 0.689. The molecule has 0 spiro atoms. The van der Waals surface area contributed by atoms with Crippen molar-refractivity contribution in [2.75, 3.05) is 6.54 Å². The summed E-state index contributed by atoms with van der Waals surface area (Å²) in [6.07, 6.45) is 4.17. The number of piperidine rings is 1. The number of hydrogen-bond acceptors (Lipinski definition) is 2. The predicted molar refractivity (Wildman–Crippen MR) is 52.3 cm³/mol. The predicted octanol–water partition coefficient (Wildman–Crippen LogP) is 2.13. The molecule has 1 aliphatic heterocycles. The molecule has 1 N–H and O–H groups in total. The summed E-state index contributed by atoms with van der Waals surface area (Å²) in [5.41, 5.74) is 0. The highest BCUT2D eigenvalue weighted by Gasteiger charge is 2.17. The number of rotatable bonds is 2. The average Bonchev–Trinajstić information content (AvgIpc) is 2.21. The third-order valence-electron chi connectivity index (χ3n) is 2.05. The van der Waals surface area contributed by atoms with Crippen LogP contribution in [0, 0.1) is 0 Å². The minimum absolute atomic E-state index is 0.179. The lowest BCUT2D eigenvalue weighted by Gasteiger charge is -2.21. The van der Waals surface area contributed by atoms with Gasteiger partial charge in [0.25, 0.3) is 0 Å². The van der Waals surface area contributed by atoms with Crippen molar-refractivity contribution in [3.8, 4) is 0 Å².